The Morgan fingerprint density at radius 1 is 1.50 bits per heavy atom. The number of carbonyl (C=O) groups excluding carboxylic acids is 1. The first kappa shape index (κ1) is 14.4. The van der Waals surface area contributed by atoms with Gasteiger partial charge in [0.05, 0.1) is 17.5 Å². The van der Waals surface area contributed by atoms with E-state index in [-0.39, 0.29) is 11.5 Å². The van der Waals surface area contributed by atoms with Gasteiger partial charge in [-0.15, -0.1) is 0 Å². The lowest BCUT2D eigenvalue weighted by Gasteiger charge is -2.24. The zero-order valence-electron chi connectivity index (χ0n) is 11.0. The van der Waals surface area contributed by atoms with Crippen molar-refractivity contribution in [3.8, 4) is 0 Å². The van der Waals surface area contributed by atoms with Crippen molar-refractivity contribution < 1.29 is 9.53 Å². The van der Waals surface area contributed by atoms with Crippen molar-refractivity contribution >= 4 is 11.6 Å². The number of hydrazine groups is 1. The summed E-state index contributed by atoms with van der Waals surface area (Å²) in [5.41, 5.74) is 3.07. The normalized spacial score (nSPS) is 11.1. The van der Waals surface area contributed by atoms with E-state index in [9.17, 15) is 4.79 Å². The molecule has 6 nitrogen and oxygen atoms in total. The number of ether oxygens (including phenoxy) is 1. The van der Waals surface area contributed by atoms with E-state index in [0.717, 1.165) is 0 Å². The molecular weight excluding hydrogens is 232 g/mol. The molecule has 1 aromatic heterocycles. The molecule has 0 radical (unpaired) electrons. The molecule has 0 atom stereocenters. The number of nitrogen functional groups attached to an aromatic ring is 1. The highest BCUT2D eigenvalue weighted by atomic mass is 16.5. The van der Waals surface area contributed by atoms with Crippen LogP contribution in [0.5, 0.6) is 0 Å². The Morgan fingerprint density at radius 2 is 2.22 bits per heavy atom. The van der Waals surface area contributed by atoms with Crippen molar-refractivity contribution in [2.24, 2.45) is 5.84 Å². The van der Waals surface area contributed by atoms with Gasteiger partial charge in [-0.05, 0) is 32.9 Å². The van der Waals surface area contributed by atoms with Crippen LogP contribution in [0.3, 0.4) is 0 Å². The smallest absolute Gasteiger partial charge is 0.269 e. The fourth-order valence-corrected chi connectivity index (χ4v) is 1.44. The number of nitrogens with zero attached hydrogens (tertiary/aromatic N) is 1. The minimum absolute atomic E-state index is 0.230. The highest BCUT2D eigenvalue weighted by Gasteiger charge is 2.19. The summed E-state index contributed by atoms with van der Waals surface area (Å²) in [5, 5.41) is 2.78. The number of nitrogens with two attached hydrogens (primary N) is 1. The Morgan fingerprint density at radius 3 is 2.72 bits per heavy atom. The molecule has 0 saturated heterocycles. The number of pyridine rings is 1. The first-order chi connectivity index (χ1) is 8.48. The number of hydrogen-bond acceptors (Lipinski definition) is 5. The van der Waals surface area contributed by atoms with Crippen molar-refractivity contribution in [3.63, 3.8) is 0 Å². The van der Waals surface area contributed by atoms with Crippen molar-refractivity contribution in [2.45, 2.75) is 26.4 Å². The Hall–Kier alpha value is -1.66. The summed E-state index contributed by atoms with van der Waals surface area (Å²) in [6.45, 7) is 6.80. The maximum atomic E-state index is 11.8. The molecule has 0 aromatic carbocycles. The second kappa shape index (κ2) is 6.32. The molecule has 100 valence electrons. The third-order valence-corrected chi connectivity index (χ3v) is 2.37. The maximum Gasteiger partial charge on any atom is 0.269 e. The van der Waals surface area contributed by atoms with E-state index >= 15 is 0 Å². The molecule has 18 heavy (non-hydrogen) atoms. The molecule has 1 aromatic rings. The zero-order valence-corrected chi connectivity index (χ0v) is 11.0. The van der Waals surface area contributed by atoms with Crippen LogP contribution in [0.15, 0.2) is 18.3 Å². The number of hydrogen-bond donors (Lipinski definition) is 3. The third kappa shape index (κ3) is 4.31. The number of carbonyl (C=O) groups is 1. The second-order valence-electron chi connectivity index (χ2n) is 4.45. The van der Waals surface area contributed by atoms with E-state index in [1.165, 1.54) is 6.20 Å². The lowest BCUT2D eigenvalue weighted by atomic mass is 10.1. The quantitative estimate of drug-likeness (QED) is 0.517. The monoisotopic (exact) mass is 252 g/mol. The third-order valence-electron chi connectivity index (χ3n) is 2.37. The fourth-order valence-electron chi connectivity index (χ4n) is 1.44. The van der Waals surface area contributed by atoms with Gasteiger partial charge in [-0.1, -0.05) is 0 Å². The van der Waals surface area contributed by atoms with Crippen LogP contribution in [0.25, 0.3) is 0 Å². The Kier molecular flexibility index (Phi) is 5.06. The standard InChI is InChI=1S/C12H20N4O2/c1-4-18-12(2,3)8-15-11(17)10-6-5-9(16-13)7-14-10/h5-7,16H,4,8,13H2,1-3H3,(H,15,17). The van der Waals surface area contributed by atoms with Gasteiger partial charge in [0.25, 0.3) is 5.91 Å². The van der Waals surface area contributed by atoms with Gasteiger partial charge < -0.3 is 15.5 Å². The van der Waals surface area contributed by atoms with E-state index in [0.29, 0.717) is 24.5 Å². The van der Waals surface area contributed by atoms with Crippen LogP contribution < -0.4 is 16.6 Å². The summed E-state index contributed by atoms with van der Waals surface area (Å²) in [4.78, 5) is 15.8. The van der Waals surface area contributed by atoms with Gasteiger partial charge in [-0.2, -0.15) is 0 Å². The van der Waals surface area contributed by atoms with Crippen LogP contribution in [0.4, 0.5) is 5.69 Å². The number of amides is 1. The van der Waals surface area contributed by atoms with Crippen LogP contribution in [-0.4, -0.2) is 29.6 Å². The summed E-state index contributed by atoms with van der Waals surface area (Å²) in [6, 6.07) is 3.30. The topological polar surface area (TPSA) is 89.3 Å². The molecule has 1 heterocycles. The second-order valence-corrected chi connectivity index (χ2v) is 4.45. The van der Waals surface area contributed by atoms with E-state index in [4.69, 9.17) is 10.6 Å². The minimum Gasteiger partial charge on any atom is -0.374 e. The van der Waals surface area contributed by atoms with Crippen LogP contribution in [0.2, 0.25) is 0 Å². The molecule has 1 rings (SSSR count). The molecule has 0 bridgehead atoms. The van der Waals surface area contributed by atoms with Gasteiger partial charge >= 0.3 is 0 Å². The van der Waals surface area contributed by atoms with E-state index in [2.05, 4.69) is 15.7 Å². The average Bonchev–Trinajstić information content (AvgIpc) is 2.36. The predicted molar refractivity (Wildman–Crippen MR) is 70.1 cm³/mol. The highest BCUT2D eigenvalue weighted by Crippen LogP contribution is 2.08. The minimum atomic E-state index is -0.386. The lowest BCUT2D eigenvalue weighted by molar-refractivity contribution is -0.00818. The molecule has 0 aliphatic carbocycles. The molecule has 0 aliphatic rings. The molecule has 0 saturated carbocycles. The van der Waals surface area contributed by atoms with Gasteiger partial charge in [0, 0.05) is 13.2 Å². The maximum absolute atomic E-state index is 11.8. The first-order valence-electron chi connectivity index (χ1n) is 5.83. The molecular formula is C12H20N4O2. The highest BCUT2D eigenvalue weighted by molar-refractivity contribution is 5.92. The number of aromatic nitrogens is 1. The van der Waals surface area contributed by atoms with E-state index < -0.39 is 0 Å². The largest absolute Gasteiger partial charge is 0.374 e. The molecule has 1 amide bonds. The molecule has 6 heteroatoms. The lowest BCUT2D eigenvalue weighted by Crippen LogP contribution is -2.40. The summed E-state index contributed by atoms with van der Waals surface area (Å²) in [7, 11) is 0. The SMILES string of the molecule is CCOC(C)(C)CNC(=O)c1ccc(NN)cn1. The van der Waals surface area contributed by atoms with Crippen molar-refractivity contribution in [1.82, 2.24) is 10.3 Å². The van der Waals surface area contributed by atoms with Crippen molar-refractivity contribution in [3.05, 3.63) is 24.0 Å². The van der Waals surface area contributed by atoms with Gasteiger partial charge in [-0.3, -0.25) is 10.6 Å². The van der Waals surface area contributed by atoms with Gasteiger partial charge in [0.2, 0.25) is 0 Å². The van der Waals surface area contributed by atoms with E-state index in [1.54, 1.807) is 12.1 Å². The van der Waals surface area contributed by atoms with Crippen LogP contribution in [-0.2, 0) is 4.74 Å². The number of nitrogens with one attached hydrogen (secondary N) is 2. The Balaban J connectivity index is 2.54. The van der Waals surface area contributed by atoms with Gasteiger partial charge in [0.1, 0.15) is 5.69 Å². The van der Waals surface area contributed by atoms with E-state index in [1.807, 2.05) is 20.8 Å². The van der Waals surface area contributed by atoms with Crippen LogP contribution in [0.1, 0.15) is 31.3 Å². The fraction of sp³-hybridized carbons (Fsp3) is 0.500. The number of rotatable bonds is 6. The average molecular weight is 252 g/mol. The van der Waals surface area contributed by atoms with Crippen molar-refractivity contribution in [1.29, 1.82) is 0 Å². The van der Waals surface area contributed by atoms with Crippen LogP contribution in [0, 0.1) is 0 Å². The molecule has 0 spiro atoms. The molecule has 4 N–H and O–H groups in total. The number of anilines is 1. The summed E-state index contributed by atoms with van der Waals surface area (Å²) >= 11 is 0. The van der Waals surface area contributed by atoms with Gasteiger partial charge in [-0.25, -0.2) is 4.98 Å². The zero-order chi connectivity index (χ0) is 13.6. The summed E-state index contributed by atoms with van der Waals surface area (Å²) in [6.07, 6.45) is 1.50. The van der Waals surface area contributed by atoms with Gasteiger partial charge in [0.15, 0.2) is 0 Å². The Bertz CT molecular complexity index is 390. The summed E-state index contributed by atoms with van der Waals surface area (Å²) in [5.74, 6) is 4.99. The van der Waals surface area contributed by atoms with Crippen molar-refractivity contribution in [2.75, 3.05) is 18.6 Å². The molecule has 0 aliphatic heterocycles. The Labute approximate surface area is 107 Å². The molecule has 0 unspecified atom stereocenters. The molecule has 0 fully saturated rings. The first-order valence-corrected chi connectivity index (χ1v) is 5.83. The predicted octanol–water partition coefficient (Wildman–Crippen LogP) is 0.912. The summed E-state index contributed by atoms with van der Waals surface area (Å²) < 4.78 is 5.49. The van der Waals surface area contributed by atoms with Crippen LogP contribution >= 0.6 is 0 Å².